The smallest absolute Gasteiger partial charge is 0.335 e. The number of nitrogens with zero attached hydrogens (tertiary/aromatic N) is 2. The Bertz CT molecular complexity index is 1340. The molecule has 0 spiro atoms. The molecule has 142 valence electrons. The zero-order chi connectivity index (χ0) is 19.8. The molecule has 2 aromatic heterocycles. The largest absolute Gasteiger partial charge is 0.489 e. The van der Waals surface area contributed by atoms with Crippen molar-refractivity contribution in [1.29, 1.82) is 0 Å². The van der Waals surface area contributed by atoms with Crippen LogP contribution in [0.5, 0.6) is 5.75 Å². The standard InChI is InChI=1S/C22H16N4O3/c27-22(28)14-6-8-18-19(10-14)24-21(23-18)20-16-11-15(7-9-17(16)25-26-20)29-12-13-4-2-1-3-5-13/h1-11H,12H2,(H,23,24)(H,25,26)(H,27,28). The predicted octanol–water partition coefficient (Wildman–Crippen LogP) is 4.38. The molecular weight excluding hydrogens is 368 g/mol. The van der Waals surface area contributed by atoms with Crippen molar-refractivity contribution < 1.29 is 14.6 Å². The Balaban J connectivity index is 1.50. The van der Waals surface area contributed by atoms with Crippen molar-refractivity contribution in [2.24, 2.45) is 0 Å². The molecule has 29 heavy (non-hydrogen) atoms. The number of H-pyrrole nitrogens is 2. The summed E-state index contributed by atoms with van der Waals surface area (Å²) >= 11 is 0. The lowest BCUT2D eigenvalue weighted by Gasteiger charge is -2.06. The van der Waals surface area contributed by atoms with Crippen molar-refractivity contribution in [3.63, 3.8) is 0 Å². The van der Waals surface area contributed by atoms with Crippen molar-refractivity contribution in [2.75, 3.05) is 0 Å². The highest BCUT2D eigenvalue weighted by atomic mass is 16.5. The summed E-state index contributed by atoms with van der Waals surface area (Å²) in [6, 6.07) is 20.5. The summed E-state index contributed by atoms with van der Waals surface area (Å²) in [6.45, 7) is 0.474. The zero-order valence-electron chi connectivity index (χ0n) is 15.2. The molecule has 0 unspecified atom stereocenters. The van der Waals surface area contributed by atoms with Gasteiger partial charge in [0.25, 0.3) is 0 Å². The van der Waals surface area contributed by atoms with Crippen molar-refractivity contribution in [2.45, 2.75) is 6.61 Å². The van der Waals surface area contributed by atoms with E-state index in [4.69, 9.17) is 4.74 Å². The van der Waals surface area contributed by atoms with E-state index in [0.29, 0.717) is 29.2 Å². The van der Waals surface area contributed by atoms with Crippen LogP contribution in [0.3, 0.4) is 0 Å². The highest BCUT2D eigenvalue weighted by Gasteiger charge is 2.14. The number of fused-ring (bicyclic) bond motifs is 2. The molecular formula is C22H16N4O3. The maximum Gasteiger partial charge on any atom is 0.335 e. The third kappa shape index (κ3) is 3.19. The van der Waals surface area contributed by atoms with Crippen LogP contribution in [0.25, 0.3) is 33.5 Å². The highest BCUT2D eigenvalue weighted by molar-refractivity contribution is 5.96. The van der Waals surface area contributed by atoms with Gasteiger partial charge in [0.15, 0.2) is 5.82 Å². The topological polar surface area (TPSA) is 104 Å². The first-order valence-corrected chi connectivity index (χ1v) is 9.06. The summed E-state index contributed by atoms with van der Waals surface area (Å²) in [5, 5.41) is 17.4. The molecule has 0 saturated heterocycles. The van der Waals surface area contributed by atoms with E-state index in [9.17, 15) is 9.90 Å². The second-order valence-corrected chi connectivity index (χ2v) is 6.68. The first kappa shape index (κ1) is 17.0. The Morgan fingerprint density at radius 2 is 1.86 bits per heavy atom. The Kier molecular flexibility index (Phi) is 3.98. The van der Waals surface area contributed by atoms with E-state index >= 15 is 0 Å². The summed E-state index contributed by atoms with van der Waals surface area (Å²) in [4.78, 5) is 18.9. The van der Waals surface area contributed by atoms with Crippen molar-refractivity contribution in [3.05, 3.63) is 77.9 Å². The molecule has 7 nitrogen and oxygen atoms in total. The molecule has 5 rings (SSSR count). The summed E-state index contributed by atoms with van der Waals surface area (Å²) in [5.74, 6) is 0.316. The van der Waals surface area contributed by atoms with Gasteiger partial charge in [-0.05, 0) is 42.0 Å². The minimum absolute atomic E-state index is 0.205. The van der Waals surface area contributed by atoms with Crippen LogP contribution in [0.4, 0.5) is 0 Å². The number of carboxylic acid groups (broad SMARTS) is 1. The first-order chi connectivity index (χ1) is 14.2. The zero-order valence-corrected chi connectivity index (χ0v) is 15.2. The Morgan fingerprint density at radius 1 is 1.00 bits per heavy atom. The fourth-order valence-corrected chi connectivity index (χ4v) is 3.26. The van der Waals surface area contributed by atoms with E-state index in [-0.39, 0.29) is 5.56 Å². The van der Waals surface area contributed by atoms with E-state index in [0.717, 1.165) is 22.2 Å². The van der Waals surface area contributed by atoms with Gasteiger partial charge >= 0.3 is 5.97 Å². The van der Waals surface area contributed by atoms with Gasteiger partial charge in [0, 0.05) is 5.39 Å². The van der Waals surface area contributed by atoms with Gasteiger partial charge in [-0.2, -0.15) is 5.10 Å². The SMILES string of the molecule is O=C(O)c1ccc2nc(-c3n[nH]c4ccc(OCc5ccccc5)cc34)[nH]c2c1. The molecule has 0 saturated carbocycles. The monoisotopic (exact) mass is 384 g/mol. The number of nitrogens with one attached hydrogen (secondary N) is 2. The molecule has 3 aromatic carbocycles. The molecule has 2 heterocycles. The van der Waals surface area contributed by atoms with Gasteiger partial charge in [-0.3, -0.25) is 5.10 Å². The molecule has 0 fully saturated rings. The molecule has 0 amide bonds. The molecule has 3 N–H and O–H groups in total. The summed E-state index contributed by atoms with van der Waals surface area (Å²) in [6.07, 6.45) is 0. The van der Waals surface area contributed by atoms with Gasteiger partial charge in [0.05, 0.1) is 22.1 Å². The lowest BCUT2D eigenvalue weighted by molar-refractivity contribution is 0.0697. The number of carbonyl (C=O) groups is 1. The average Bonchev–Trinajstić information content (AvgIpc) is 3.35. The van der Waals surface area contributed by atoms with E-state index < -0.39 is 5.97 Å². The van der Waals surface area contributed by atoms with Crippen molar-refractivity contribution in [3.8, 4) is 17.3 Å². The number of rotatable bonds is 5. The predicted molar refractivity (Wildman–Crippen MR) is 109 cm³/mol. The number of benzene rings is 3. The quantitative estimate of drug-likeness (QED) is 0.417. The van der Waals surface area contributed by atoms with Crippen molar-refractivity contribution in [1.82, 2.24) is 20.2 Å². The first-order valence-electron chi connectivity index (χ1n) is 9.06. The van der Waals surface area contributed by atoms with Gasteiger partial charge < -0.3 is 14.8 Å². The second-order valence-electron chi connectivity index (χ2n) is 6.68. The lowest BCUT2D eigenvalue weighted by atomic mass is 10.2. The maximum atomic E-state index is 11.2. The fraction of sp³-hybridized carbons (Fsp3) is 0.0455. The fourth-order valence-electron chi connectivity index (χ4n) is 3.26. The van der Waals surface area contributed by atoms with Gasteiger partial charge in [-0.25, -0.2) is 9.78 Å². The second kappa shape index (κ2) is 6.79. The molecule has 7 heteroatoms. The van der Waals surface area contributed by atoms with Crippen LogP contribution < -0.4 is 4.74 Å². The Hall–Kier alpha value is -4.13. The van der Waals surface area contributed by atoms with Crippen LogP contribution in [-0.2, 0) is 6.61 Å². The van der Waals surface area contributed by atoms with Crippen LogP contribution in [-0.4, -0.2) is 31.2 Å². The normalized spacial score (nSPS) is 11.2. The molecule has 5 aromatic rings. The number of aromatic nitrogens is 4. The number of aromatic carboxylic acids is 1. The number of imidazole rings is 1. The summed E-state index contributed by atoms with van der Waals surface area (Å²) < 4.78 is 5.92. The molecule has 0 aliphatic carbocycles. The minimum atomic E-state index is -0.978. The average molecular weight is 384 g/mol. The lowest BCUT2D eigenvalue weighted by Crippen LogP contribution is -1.94. The number of carboxylic acids is 1. The van der Waals surface area contributed by atoms with Crippen LogP contribution in [0.1, 0.15) is 15.9 Å². The van der Waals surface area contributed by atoms with E-state index in [1.54, 1.807) is 12.1 Å². The molecule has 0 aliphatic rings. The summed E-state index contributed by atoms with van der Waals surface area (Å²) in [7, 11) is 0. The highest BCUT2D eigenvalue weighted by Crippen LogP contribution is 2.29. The van der Waals surface area contributed by atoms with E-state index in [1.165, 1.54) is 6.07 Å². The van der Waals surface area contributed by atoms with Crippen LogP contribution in [0, 0.1) is 0 Å². The number of hydrogen-bond donors (Lipinski definition) is 3. The van der Waals surface area contributed by atoms with Gasteiger partial charge in [-0.15, -0.1) is 0 Å². The number of aromatic amines is 2. The molecule has 0 aliphatic heterocycles. The Labute approximate surface area is 165 Å². The molecule has 0 atom stereocenters. The molecule has 0 bridgehead atoms. The van der Waals surface area contributed by atoms with Crippen LogP contribution in [0.2, 0.25) is 0 Å². The van der Waals surface area contributed by atoms with E-state index in [2.05, 4.69) is 20.2 Å². The van der Waals surface area contributed by atoms with E-state index in [1.807, 2.05) is 48.5 Å². The van der Waals surface area contributed by atoms with Crippen LogP contribution >= 0.6 is 0 Å². The Morgan fingerprint density at radius 3 is 2.69 bits per heavy atom. The van der Waals surface area contributed by atoms with Gasteiger partial charge in [-0.1, -0.05) is 30.3 Å². The third-order valence-corrected chi connectivity index (χ3v) is 4.74. The van der Waals surface area contributed by atoms with Crippen LogP contribution in [0.15, 0.2) is 66.7 Å². The number of hydrogen-bond acceptors (Lipinski definition) is 4. The molecule has 0 radical (unpaired) electrons. The van der Waals surface area contributed by atoms with Gasteiger partial charge in [0.1, 0.15) is 18.1 Å². The minimum Gasteiger partial charge on any atom is -0.489 e. The number of ether oxygens (including phenoxy) is 1. The maximum absolute atomic E-state index is 11.2. The summed E-state index contributed by atoms with van der Waals surface area (Å²) in [5.41, 5.74) is 4.13. The van der Waals surface area contributed by atoms with Gasteiger partial charge in [0.2, 0.25) is 0 Å². The van der Waals surface area contributed by atoms with Crippen molar-refractivity contribution >= 4 is 27.9 Å². The third-order valence-electron chi connectivity index (χ3n) is 4.74.